The van der Waals surface area contributed by atoms with Crippen molar-refractivity contribution in [2.75, 3.05) is 20.8 Å². The van der Waals surface area contributed by atoms with Crippen LogP contribution >= 0.6 is 0 Å². The third-order valence-electron chi connectivity index (χ3n) is 4.99. The highest BCUT2D eigenvalue weighted by Crippen LogP contribution is 2.27. The van der Waals surface area contributed by atoms with Gasteiger partial charge in [-0.2, -0.15) is 0 Å². The second kappa shape index (κ2) is 9.28. The zero-order chi connectivity index (χ0) is 20.9. The second-order valence-corrected chi connectivity index (χ2v) is 8.70. The van der Waals surface area contributed by atoms with E-state index in [-0.39, 0.29) is 18.0 Å². The van der Waals surface area contributed by atoms with Crippen molar-refractivity contribution < 1.29 is 22.7 Å². The number of fused-ring (bicyclic) bond motifs is 1. The molecule has 2 N–H and O–H groups in total. The van der Waals surface area contributed by atoms with Crippen molar-refractivity contribution in [1.29, 1.82) is 0 Å². The molecule has 2 aromatic carbocycles. The van der Waals surface area contributed by atoms with Crippen LogP contribution < -0.4 is 19.5 Å². The molecular weight excluding hydrogens is 392 g/mol. The Morgan fingerprint density at radius 1 is 0.966 bits per heavy atom. The molecule has 0 saturated carbocycles. The smallest absolute Gasteiger partial charge is 0.241 e. The third-order valence-corrected chi connectivity index (χ3v) is 6.39. The zero-order valence-electron chi connectivity index (χ0n) is 16.7. The molecule has 29 heavy (non-hydrogen) atoms. The average Bonchev–Trinajstić information content (AvgIpc) is 2.75. The van der Waals surface area contributed by atoms with E-state index >= 15 is 0 Å². The predicted octanol–water partition coefficient (Wildman–Crippen LogP) is 2.18. The number of rotatable bonds is 8. The molecule has 0 fully saturated rings. The molecule has 0 spiro atoms. The van der Waals surface area contributed by atoms with E-state index in [1.54, 1.807) is 37.4 Å². The van der Waals surface area contributed by atoms with Gasteiger partial charge in [0.15, 0.2) is 11.5 Å². The van der Waals surface area contributed by atoms with Gasteiger partial charge in [-0.15, -0.1) is 0 Å². The van der Waals surface area contributed by atoms with E-state index in [1.165, 1.54) is 12.7 Å². The summed E-state index contributed by atoms with van der Waals surface area (Å²) in [5.74, 6) is 0.745. The van der Waals surface area contributed by atoms with Gasteiger partial charge in [-0.25, -0.2) is 13.1 Å². The first-order valence-electron chi connectivity index (χ1n) is 9.52. The van der Waals surface area contributed by atoms with Crippen molar-refractivity contribution in [3.05, 3.63) is 53.1 Å². The standard InChI is InChI=1S/C21H26N2O5S/c1-27-19-10-7-15(11-20(19)28-2)13-22-21(24)14-23-29(25,26)18-9-8-16-5-3-4-6-17(16)12-18/h7-12,23H,3-6,13-14H2,1-2H3,(H,22,24). The number of carbonyl (C=O) groups excluding carboxylic acids is 1. The summed E-state index contributed by atoms with van der Waals surface area (Å²) in [4.78, 5) is 12.3. The SMILES string of the molecule is COc1ccc(CNC(=O)CNS(=O)(=O)c2ccc3c(c2)CCCC3)cc1OC. The monoisotopic (exact) mass is 418 g/mol. The van der Waals surface area contributed by atoms with E-state index in [1.807, 2.05) is 6.07 Å². The van der Waals surface area contributed by atoms with E-state index in [4.69, 9.17) is 9.47 Å². The number of nitrogens with one attached hydrogen (secondary N) is 2. The first-order valence-corrected chi connectivity index (χ1v) is 11.0. The van der Waals surface area contributed by atoms with E-state index in [0.29, 0.717) is 11.5 Å². The Labute approximate surface area is 171 Å². The van der Waals surface area contributed by atoms with Gasteiger partial charge in [-0.1, -0.05) is 12.1 Å². The molecule has 0 unspecified atom stereocenters. The Balaban J connectivity index is 1.56. The molecule has 156 valence electrons. The fraction of sp³-hybridized carbons (Fsp3) is 0.381. The number of hydrogen-bond donors (Lipinski definition) is 2. The third kappa shape index (κ3) is 5.27. The quantitative estimate of drug-likeness (QED) is 0.685. The minimum Gasteiger partial charge on any atom is -0.493 e. The summed E-state index contributed by atoms with van der Waals surface area (Å²) in [7, 11) is -0.652. The maximum Gasteiger partial charge on any atom is 0.241 e. The van der Waals surface area contributed by atoms with Crippen molar-refractivity contribution in [1.82, 2.24) is 10.0 Å². The van der Waals surface area contributed by atoms with E-state index in [9.17, 15) is 13.2 Å². The lowest BCUT2D eigenvalue weighted by atomic mass is 9.92. The number of sulfonamides is 1. The summed E-state index contributed by atoms with van der Waals surface area (Å²) in [5, 5.41) is 2.70. The lowest BCUT2D eigenvalue weighted by Crippen LogP contribution is -2.36. The molecule has 0 heterocycles. The molecule has 0 atom stereocenters. The minimum atomic E-state index is -3.74. The molecular formula is C21H26N2O5S. The van der Waals surface area contributed by atoms with Crippen LogP contribution in [-0.2, 0) is 34.2 Å². The molecule has 2 aromatic rings. The highest BCUT2D eigenvalue weighted by molar-refractivity contribution is 7.89. The maximum atomic E-state index is 12.5. The van der Waals surface area contributed by atoms with Crippen LogP contribution in [0.15, 0.2) is 41.3 Å². The summed E-state index contributed by atoms with van der Waals surface area (Å²) in [5.41, 5.74) is 3.11. The van der Waals surface area contributed by atoms with E-state index in [2.05, 4.69) is 10.0 Å². The maximum absolute atomic E-state index is 12.5. The number of hydrogen-bond acceptors (Lipinski definition) is 5. The lowest BCUT2D eigenvalue weighted by molar-refractivity contribution is -0.120. The Morgan fingerprint density at radius 2 is 1.69 bits per heavy atom. The van der Waals surface area contributed by atoms with Crippen molar-refractivity contribution in [3.8, 4) is 11.5 Å². The number of ether oxygens (including phenoxy) is 2. The number of aryl methyl sites for hydroxylation is 2. The highest BCUT2D eigenvalue weighted by atomic mass is 32.2. The summed E-state index contributed by atoms with van der Waals surface area (Å²) < 4.78 is 37.8. The molecule has 0 aromatic heterocycles. The van der Waals surface area contributed by atoms with Crippen LogP contribution in [0, 0.1) is 0 Å². The van der Waals surface area contributed by atoms with Crippen LogP contribution in [0.3, 0.4) is 0 Å². The number of carbonyl (C=O) groups is 1. The van der Waals surface area contributed by atoms with Gasteiger partial charge in [0, 0.05) is 6.54 Å². The molecule has 1 amide bonds. The topological polar surface area (TPSA) is 93.7 Å². The van der Waals surface area contributed by atoms with E-state index in [0.717, 1.165) is 36.8 Å². The van der Waals surface area contributed by atoms with Crippen LogP contribution in [0.2, 0.25) is 0 Å². The molecule has 1 aliphatic rings. The largest absolute Gasteiger partial charge is 0.493 e. The Morgan fingerprint density at radius 3 is 2.41 bits per heavy atom. The summed E-state index contributed by atoms with van der Waals surface area (Å²) in [6.45, 7) is -0.0769. The van der Waals surface area contributed by atoms with Crippen LogP contribution in [0.25, 0.3) is 0 Å². The van der Waals surface area contributed by atoms with Gasteiger partial charge in [0.1, 0.15) is 0 Å². The summed E-state index contributed by atoms with van der Waals surface area (Å²) in [6.07, 6.45) is 4.09. The molecule has 0 aliphatic heterocycles. The summed E-state index contributed by atoms with van der Waals surface area (Å²) in [6, 6.07) is 10.5. The van der Waals surface area contributed by atoms with Crippen molar-refractivity contribution >= 4 is 15.9 Å². The molecule has 3 rings (SSSR count). The molecule has 0 radical (unpaired) electrons. The van der Waals surface area contributed by atoms with Crippen LogP contribution in [0.5, 0.6) is 11.5 Å². The number of amides is 1. The van der Waals surface area contributed by atoms with E-state index < -0.39 is 15.9 Å². The molecule has 7 nitrogen and oxygen atoms in total. The van der Waals surface area contributed by atoms with Crippen LogP contribution in [-0.4, -0.2) is 35.1 Å². The van der Waals surface area contributed by atoms with Gasteiger partial charge in [-0.05, 0) is 66.6 Å². The van der Waals surface area contributed by atoms with Gasteiger partial charge >= 0.3 is 0 Å². The first kappa shape index (κ1) is 21.1. The normalized spacial score (nSPS) is 13.4. The number of benzene rings is 2. The van der Waals surface area contributed by atoms with Gasteiger partial charge in [0.25, 0.3) is 0 Å². The Kier molecular flexibility index (Phi) is 6.76. The summed E-state index contributed by atoms with van der Waals surface area (Å²) >= 11 is 0. The highest BCUT2D eigenvalue weighted by Gasteiger charge is 2.18. The molecule has 0 bridgehead atoms. The Hall–Kier alpha value is -2.58. The lowest BCUT2D eigenvalue weighted by Gasteiger charge is -2.16. The fourth-order valence-electron chi connectivity index (χ4n) is 3.37. The average molecular weight is 419 g/mol. The molecule has 8 heteroatoms. The molecule has 1 aliphatic carbocycles. The van der Waals surface area contributed by atoms with Crippen molar-refractivity contribution in [3.63, 3.8) is 0 Å². The second-order valence-electron chi connectivity index (χ2n) is 6.93. The minimum absolute atomic E-state index is 0.200. The first-order chi connectivity index (χ1) is 13.9. The van der Waals surface area contributed by atoms with Gasteiger partial charge in [0.2, 0.25) is 15.9 Å². The van der Waals surface area contributed by atoms with Gasteiger partial charge in [-0.3, -0.25) is 4.79 Å². The van der Waals surface area contributed by atoms with Crippen molar-refractivity contribution in [2.45, 2.75) is 37.1 Å². The zero-order valence-corrected chi connectivity index (χ0v) is 17.5. The van der Waals surface area contributed by atoms with Crippen molar-refractivity contribution in [2.24, 2.45) is 0 Å². The Bertz CT molecular complexity index is 989. The molecule has 0 saturated heterocycles. The van der Waals surface area contributed by atoms with Gasteiger partial charge < -0.3 is 14.8 Å². The predicted molar refractivity (Wildman–Crippen MR) is 110 cm³/mol. The van der Waals surface area contributed by atoms with Crippen LogP contribution in [0.1, 0.15) is 29.5 Å². The van der Waals surface area contributed by atoms with Crippen LogP contribution in [0.4, 0.5) is 0 Å². The fourth-order valence-corrected chi connectivity index (χ4v) is 4.41. The number of methoxy groups -OCH3 is 2. The van der Waals surface area contributed by atoms with Gasteiger partial charge in [0.05, 0.1) is 25.7 Å².